The number of aromatic amines is 1. The number of likely N-dealkylation sites (N-methyl/N-ethyl adjacent to an activating group) is 2. The molecule has 1 heterocycles. The van der Waals surface area contributed by atoms with E-state index in [0.717, 1.165) is 6.42 Å². The van der Waals surface area contributed by atoms with Crippen LogP contribution in [0.5, 0.6) is 5.75 Å². The number of anilines is 3. The molecule has 0 bridgehead atoms. The zero-order chi connectivity index (χ0) is 24.5. The molecular formula is C22H32N6O5. The van der Waals surface area contributed by atoms with Gasteiger partial charge in [0.25, 0.3) is 5.56 Å². The number of nitrogen functional groups attached to an aromatic ring is 1. The van der Waals surface area contributed by atoms with Crippen molar-refractivity contribution in [1.29, 1.82) is 0 Å². The Balaban J connectivity index is 2.12. The number of nitrogens with two attached hydrogens (primary N) is 1. The number of rotatable bonds is 11. The Labute approximate surface area is 192 Å². The van der Waals surface area contributed by atoms with Crippen LogP contribution in [0.15, 0.2) is 33.9 Å². The van der Waals surface area contributed by atoms with E-state index in [-0.39, 0.29) is 37.0 Å². The van der Waals surface area contributed by atoms with Gasteiger partial charge in [0.05, 0.1) is 20.2 Å². The van der Waals surface area contributed by atoms with Crippen LogP contribution in [-0.2, 0) is 16.1 Å². The number of H-pyrrole nitrogens is 1. The fourth-order valence-corrected chi connectivity index (χ4v) is 3.35. The molecule has 0 aliphatic carbocycles. The third-order valence-corrected chi connectivity index (χ3v) is 5.01. The number of hydrogen-bond donors (Lipinski definition) is 3. The number of aromatic nitrogens is 2. The second-order valence-electron chi connectivity index (χ2n) is 7.59. The molecule has 0 fully saturated rings. The van der Waals surface area contributed by atoms with Crippen LogP contribution in [0.1, 0.15) is 26.7 Å². The molecule has 4 N–H and O–H groups in total. The molecule has 0 atom stereocenters. The first-order valence-electron chi connectivity index (χ1n) is 10.8. The van der Waals surface area contributed by atoms with Crippen molar-refractivity contribution in [2.75, 3.05) is 49.7 Å². The maximum absolute atomic E-state index is 13.0. The predicted octanol–water partition coefficient (Wildman–Crippen LogP) is 0.851. The molecule has 11 heteroatoms. The van der Waals surface area contributed by atoms with Gasteiger partial charge in [-0.05, 0) is 32.5 Å². The summed E-state index contributed by atoms with van der Waals surface area (Å²) in [5.74, 6) is -0.178. The lowest BCUT2D eigenvalue weighted by molar-refractivity contribution is -0.121. The van der Waals surface area contributed by atoms with Crippen LogP contribution < -0.4 is 31.9 Å². The SMILES string of the molecule is CCCCn1c(N)c(N(CC)C(=O)CN(C)CC(=O)Nc2cccc(OC)c2)c(=O)[nH]c1=O. The Kier molecular flexibility index (Phi) is 9.22. The number of amides is 2. The van der Waals surface area contributed by atoms with Gasteiger partial charge in [-0.1, -0.05) is 19.4 Å². The van der Waals surface area contributed by atoms with Gasteiger partial charge in [0.2, 0.25) is 11.8 Å². The predicted molar refractivity (Wildman–Crippen MR) is 128 cm³/mol. The van der Waals surface area contributed by atoms with E-state index >= 15 is 0 Å². The number of nitrogens with zero attached hydrogens (tertiary/aromatic N) is 3. The Bertz CT molecular complexity index is 1090. The van der Waals surface area contributed by atoms with Gasteiger partial charge < -0.3 is 20.7 Å². The molecular weight excluding hydrogens is 428 g/mol. The number of unbranched alkanes of at least 4 members (excludes halogenated alkanes) is 1. The number of nitrogens with one attached hydrogen (secondary N) is 2. The van der Waals surface area contributed by atoms with E-state index in [9.17, 15) is 19.2 Å². The highest BCUT2D eigenvalue weighted by atomic mass is 16.5. The molecule has 1 aromatic carbocycles. The number of methoxy groups -OCH3 is 1. The topological polar surface area (TPSA) is 143 Å². The molecule has 2 amide bonds. The van der Waals surface area contributed by atoms with Gasteiger partial charge in [-0.25, -0.2) is 4.79 Å². The molecule has 0 aliphatic heterocycles. The van der Waals surface area contributed by atoms with Crippen LogP contribution in [0.4, 0.5) is 17.2 Å². The van der Waals surface area contributed by atoms with Crippen molar-refractivity contribution in [1.82, 2.24) is 14.5 Å². The molecule has 0 saturated carbocycles. The van der Waals surface area contributed by atoms with E-state index in [1.807, 2.05) is 6.92 Å². The summed E-state index contributed by atoms with van der Waals surface area (Å²) in [6.45, 7) is 3.99. The van der Waals surface area contributed by atoms with Gasteiger partial charge in [0, 0.05) is 24.8 Å². The second-order valence-corrected chi connectivity index (χ2v) is 7.59. The lowest BCUT2D eigenvalue weighted by Gasteiger charge is -2.25. The van der Waals surface area contributed by atoms with Crippen molar-refractivity contribution >= 4 is 29.0 Å². The number of hydrogen-bond acceptors (Lipinski definition) is 7. The Morgan fingerprint density at radius 3 is 2.58 bits per heavy atom. The van der Waals surface area contributed by atoms with Gasteiger partial charge in [0.1, 0.15) is 11.6 Å². The molecule has 2 rings (SSSR count). The fourth-order valence-electron chi connectivity index (χ4n) is 3.35. The van der Waals surface area contributed by atoms with Crippen LogP contribution >= 0.6 is 0 Å². The number of carbonyl (C=O) groups is 2. The largest absolute Gasteiger partial charge is 0.497 e. The number of ether oxygens (including phenoxy) is 1. The van der Waals surface area contributed by atoms with E-state index in [2.05, 4.69) is 10.3 Å². The van der Waals surface area contributed by atoms with Gasteiger partial charge in [0.15, 0.2) is 5.69 Å². The third kappa shape index (κ3) is 6.69. The van der Waals surface area contributed by atoms with E-state index in [4.69, 9.17) is 10.5 Å². The van der Waals surface area contributed by atoms with Crippen molar-refractivity contribution < 1.29 is 14.3 Å². The lowest BCUT2D eigenvalue weighted by atomic mass is 10.3. The van der Waals surface area contributed by atoms with Crippen molar-refractivity contribution in [2.24, 2.45) is 0 Å². The second kappa shape index (κ2) is 11.9. The van der Waals surface area contributed by atoms with E-state index in [1.54, 1.807) is 38.2 Å². The summed E-state index contributed by atoms with van der Waals surface area (Å²) in [5.41, 5.74) is 5.30. The van der Waals surface area contributed by atoms with E-state index < -0.39 is 17.2 Å². The lowest BCUT2D eigenvalue weighted by Crippen LogP contribution is -2.45. The maximum atomic E-state index is 13.0. The highest BCUT2D eigenvalue weighted by molar-refractivity contribution is 5.97. The number of benzene rings is 1. The molecule has 33 heavy (non-hydrogen) atoms. The van der Waals surface area contributed by atoms with E-state index in [1.165, 1.54) is 21.5 Å². The van der Waals surface area contributed by atoms with Gasteiger partial charge in [-0.2, -0.15) is 0 Å². The Hall–Kier alpha value is -3.60. The normalized spacial score (nSPS) is 10.8. The van der Waals surface area contributed by atoms with Crippen molar-refractivity contribution in [2.45, 2.75) is 33.2 Å². The molecule has 0 saturated heterocycles. The summed E-state index contributed by atoms with van der Waals surface area (Å²) in [6.07, 6.45) is 1.53. The van der Waals surface area contributed by atoms with Crippen LogP contribution in [0.2, 0.25) is 0 Å². The first-order chi connectivity index (χ1) is 15.7. The fraction of sp³-hybridized carbons (Fsp3) is 0.455. The van der Waals surface area contributed by atoms with Gasteiger partial charge >= 0.3 is 5.69 Å². The minimum Gasteiger partial charge on any atom is -0.497 e. The standard InChI is InChI=1S/C22H32N6O5/c1-5-7-11-28-20(23)19(21(31)25-22(28)32)27(6-2)18(30)14-26(3)13-17(29)24-15-9-8-10-16(12-15)33-4/h8-10,12H,5-7,11,13-14,23H2,1-4H3,(H,24,29)(H,25,31,32). The molecule has 0 radical (unpaired) electrons. The Morgan fingerprint density at radius 1 is 1.21 bits per heavy atom. The summed E-state index contributed by atoms with van der Waals surface area (Å²) in [5, 5.41) is 2.75. The summed E-state index contributed by atoms with van der Waals surface area (Å²) in [4.78, 5) is 55.0. The zero-order valence-electron chi connectivity index (χ0n) is 19.5. The summed E-state index contributed by atoms with van der Waals surface area (Å²) < 4.78 is 6.40. The molecule has 1 aromatic heterocycles. The van der Waals surface area contributed by atoms with Crippen molar-refractivity contribution in [3.8, 4) is 5.75 Å². The monoisotopic (exact) mass is 460 g/mol. The first kappa shape index (κ1) is 25.7. The summed E-state index contributed by atoms with van der Waals surface area (Å²) in [6, 6.07) is 6.93. The van der Waals surface area contributed by atoms with Crippen LogP contribution in [0, 0.1) is 0 Å². The highest BCUT2D eigenvalue weighted by Crippen LogP contribution is 2.18. The van der Waals surface area contributed by atoms with Gasteiger partial charge in [-0.15, -0.1) is 0 Å². The average molecular weight is 461 g/mol. The molecule has 180 valence electrons. The summed E-state index contributed by atoms with van der Waals surface area (Å²) in [7, 11) is 3.15. The molecule has 0 spiro atoms. The molecule has 0 unspecified atom stereocenters. The minimum absolute atomic E-state index is 0.0502. The maximum Gasteiger partial charge on any atom is 0.330 e. The van der Waals surface area contributed by atoms with Crippen LogP contribution in [-0.4, -0.2) is 60.1 Å². The summed E-state index contributed by atoms with van der Waals surface area (Å²) >= 11 is 0. The van der Waals surface area contributed by atoms with Crippen LogP contribution in [0.25, 0.3) is 0 Å². The van der Waals surface area contributed by atoms with Crippen molar-refractivity contribution in [3.63, 3.8) is 0 Å². The quantitative estimate of drug-likeness (QED) is 0.451. The van der Waals surface area contributed by atoms with Crippen LogP contribution in [0.3, 0.4) is 0 Å². The smallest absolute Gasteiger partial charge is 0.330 e. The molecule has 11 nitrogen and oxygen atoms in total. The third-order valence-electron chi connectivity index (χ3n) is 5.01. The first-order valence-corrected chi connectivity index (χ1v) is 10.8. The van der Waals surface area contributed by atoms with Gasteiger partial charge in [-0.3, -0.25) is 28.8 Å². The zero-order valence-corrected chi connectivity index (χ0v) is 19.5. The molecule has 0 aliphatic rings. The Morgan fingerprint density at radius 2 is 1.94 bits per heavy atom. The average Bonchev–Trinajstić information content (AvgIpc) is 2.76. The minimum atomic E-state index is -0.723. The van der Waals surface area contributed by atoms with Crippen molar-refractivity contribution in [3.05, 3.63) is 45.1 Å². The van der Waals surface area contributed by atoms with E-state index in [0.29, 0.717) is 24.4 Å². The number of carbonyl (C=O) groups excluding carboxylic acids is 2. The molecule has 2 aromatic rings. The highest BCUT2D eigenvalue weighted by Gasteiger charge is 2.24.